The first-order valence-corrected chi connectivity index (χ1v) is 9.64. The van der Waals surface area contributed by atoms with Crippen LogP contribution in [0.3, 0.4) is 0 Å². The van der Waals surface area contributed by atoms with Crippen LogP contribution in [0.5, 0.6) is 0 Å². The number of aryl methyl sites for hydroxylation is 2. The van der Waals surface area contributed by atoms with E-state index < -0.39 is 0 Å². The van der Waals surface area contributed by atoms with Crippen LogP contribution in [-0.4, -0.2) is 10.8 Å². The lowest BCUT2D eigenvalue weighted by Gasteiger charge is -2.09. The Morgan fingerprint density at radius 3 is 2.60 bits per heavy atom. The van der Waals surface area contributed by atoms with Crippen LogP contribution in [0.2, 0.25) is 0 Å². The monoisotopic (exact) mass is 414 g/mol. The fourth-order valence-electron chi connectivity index (χ4n) is 2.95. The second-order valence-electron chi connectivity index (χ2n) is 5.93. The molecule has 0 amide bonds. The molecule has 0 aliphatic heterocycles. The van der Waals surface area contributed by atoms with E-state index in [0.29, 0.717) is 16.1 Å². The van der Waals surface area contributed by atoms with Crippen LogP contribution < -0.4 is 5.73 Å². The van der Waals surface area contributed by atoms with Crippen molar-refractivity contribution in [2.45, 2.75) is 27.2 Å². The van der Waals surface area contributed by atoms with Gasteiger partial charge in [-0.05, 0) is 62.6 Å². The van der Waals surface area contributed by atoms with Crippen LogP contribution in [0, 0.1) is 13.8 Å². The van der Waals surface area contributed by atoms with E-state index in [-0.39, 0.29) is 5.78 Å². The molecule has 0 atom stereocenters. The molecule has 3 nitrogen and oxygen atoms in total. The van der Waals surface area contributed by atoms with Crippen molar-refractivity contribution in [1.29, 1.82) is 0 Å². The molecule has 2 aromatic heterocycles. The number of nitrogen functional groups attached to an aromatic ring is 1. The van der Waals surface area contributed by atoms with E-state index in [0.717, 1.165) is 32.4 Å². The summed E-state index contributed by atoms with van der Waals surface area (Å²) in [6.45, 7) is 6.08. The first-order valence-electron chi connectivity index (χ1n) is 8.03. The highest BCUT2D eigenvalue weighted by atomic mass is 79.9. The fourth-order valence-corrected chi connectivity index (χ4v) is 4.38. The number of anilines is 1. The van der Waals surface area contributed by atoms with E-state index in [1.807, 2.05) is 32.1 Å². The molecule has 3 aromatic rings. The lowest BCUT2D eigenvalue weighted by molar-refractivity contribution is 0.104. The highest BCUT2D eigenvalue weighted by Gasteiger charge is 2.21. The van der Waals surface area contributed by atoms with E-state index in [9.17, 15) is 4.79 Å². The van der Waals surface area contributed by atoms with Crippen molar-refractivity contribution >= 4 is 49.0 Å². The van der Waals surface area contributed by atoms with Gasteiger partial charge in [0.1, 0.15) is 9.71 Å². The zero-order chi connectivity index (χ0) is 18.1. The Morgan fingerprint density at radius 2 is 1.96 bits per heavy atom. The van der Waals surface area contributed by atoms with Gasteiger partial charge in [0.25, 0.3) is 0 Å². The van der Waals surface area contributed by atoms with Gasteiger partial charge in [0, 0.05) is 21.1 Å². The van der Waals surface area contributed by atoms with Gasteiger partial charge in [-0.15, -0.1) is 11.3 Å². The van der Waals surface area contributed by atoms with E-state index in [1.54, 1.807) is 12.1 Å². The van der Waals surface area contributed by atoms with Crippen LogP contribution in [-0.2, 0) is 6.42 Å². The van der Waals surface area contributed by atoms with Gasteiger partial charge in [-0.2, -0.15) is 0 Å². The van der Waals surface area contributed by atoms with Crippen molar-refractivity contribution in [1.82, 2.24) is 4.98 Å². The lowest BCUT2D eigenvalue weighted by Crippen LogP contribution is -2.02. The highest BCUT2D eigenvalue weighted by Crippen LogP contribution is 2.38. The molecular weight excluding hydrogens is 396 g/mol. The smallest absolute Gasteiger partial charge is 0.205 e. The molecule has 0 saturated carbocycles. The molecule has 0 bridgehead atoms. The minimum Gasteiger partial charge on any atom is -0.397 e. The molecule has 5 heteroatoms. The van der Waals surface area contributed by atoms with Gasteiger partial charge in [0.15, 0.2) is 0 Å². The minimum absolute atomic E-state index is 0.0555. The van der Waals surface area contributed by atoms with Crippen molar-refractivity contribution < 1.29 is 4.79 Å². The summed E-state index contributed by atoms with van der Waals surface area (Å²) in [6, 6.07) is 7.33. The summed E-state index contributed by atoms with van der Waals surface area (Å²) in [6.07, 6.45) is 4.96. The topological polar surface area (TPSA) is 56.0 Å². The van der Waals surface area contributed by atoms with Crippen LogP contribution in [0.15, 0.2) is 40.9 Å². The second-order valence-corrected chi connectivity index (χ2v) is 7.85. The number of hydrogen-bond donors (Lipinski definition) is 1. The van der Waals surface area contributed by atoms with Crippen molar-refractivity contribution in [3.8, 4) is 0 Å². The number of rotatable bonds is 4. The zero-order valence-electron chi connectivity index (χ0n) is 14.4. The Labute approximate surface area is 159 Å². The number of carbonyl (C=O) groups excluding carboxylic acids is 1. The molecule has 1 aromatic carbocycles. The third kappa shape index (κ3) is 3.26. The van der Waals surface area contributed by atoms with E-state index in [2.05, 4.69) is 28.9 Å². The van der Waals surface area contributed by atoms with E-state index >= 15 is 0 Å². The Balaban J connectivity index is 2.15. The van der Waals surface area contributed by atoms with E-state index in [1.165, 1.54) is 16.9 Å². The Bertz CT molecular complexity index is 987. The van der Waals surface area contributed by atoms with Gasteiger partial charge >= 0.3 is 0 Å². The SMILES string of the molecule is CC=CCc1c(C)nc2sc(C(=O)c3ccc(Br)cc3)c(N)c2c1C. The maximum absolute atomic E-state index is 12.9. The summed E-state index contributed by atoms with van der Waals surface area (Å²) in [5, 5.41) is 0.913. The summed E-state index contributed by atoms with van der Waals surface area (Å²) in [5.74, 6) is -0.0555. The van der Waals surface area contributed by atoms with Crippen molar-refractivity contribution in [3.05, 3.63) is 68.2 Å². The molecule has 2 heterocycles. The average molecular weight is 415 g/mol. The zero-order valence-corrected chi connectivity index (χ0v) is 16.8. The largest absolute Gasteiger partial charge is 0.397 e. The van der Waals surface area contributed by atoms with Crippen molar-refractivity contribution in [2.75, 3.05) is 5.73 Å². The number of thiophene rings is 1. The minimum atomic E-state index is -0.0555. The van der Waals surface area contributed by atoms with Gasteiger partial charge in [-0.1, -0.05) is 28.1 Å². The number of nitrogens with two attached hydrogens (primary N) is 1. The molecule has 0 radical (unpaired) electrons. The average Bonchev–Trinajstić information content (AvgIpc) is 2.91. The van der Waals surface area contributed by atoms with Gasteiger partial charge in [0.05, 0.1) is 5.69 Å². The van der Waals surface area contributed by atoms with Gasteiger partial charge < -0.3 is 5.73 Å². The molecule has 0 spiro atoms. The first-order chi connectivity index (χ1) is 11.9. The first kappa shape index (κ1) is 17.8. The van der Waals surface area contributed by atoms with E-state index in [4.69, 9.17) is 10.7 Å². The second kappa shape index (κ2) is 7.10. The summed E-state index contributed by atoms with van der Waals surface area (Å²) in [4.78, 5) is 19.0. The van der Waals surface area contributed by atoms with Crippen LogP contribution in [0.25, 0.3) is 10.2 Å². The molecule has 0 fully saturated rings. The summed E-state index contributed by atoms with van der Waals surface area (Å²) in [5.41, 5.74) is 10.8. The molecule has 2 N–H and O–H groups in total. The number of hydrogen-bond acceptors (Lipinski definition) is 4. The molecule has 25 heavy (non-hydrogen) atoms. The Morgan fingerprint density at radius 1 is 1.28 bits per heavy atom. The fraction of sp³-hybridized carbons (Fsp3) is 0.200. The number of fused-ring (bicyclic) bond motifs is 1. The van der Waals surface area contributed by atoms with Gasteiger partial charge in [-0.3, -0.25) is 4.79 Å². The number of allylic oxidation sites excluding steroid dienone is 2. The molecule has 128 valence electrons. The third-order valence-electron chi connectivity index (χ3n) is 4.33. The number of carbonyl (C=O) groups is 1. The predicted molar refractivity (Wildman–Crippen MR) is 110 cm³/mol. The lowest BCUT2D eigenvalue weighted by atomic mass is 10.00. The third-order valence-corrected chi connectivity index (χ3v) is 5.96. The van der Waals surface area contributed by atoms with Crippen molar-refractivity contribution in [3.63, 3.8) is 0 Å². The Hall–Kier alpha value is -1.98. The number of nitrogens with zero attached hydrogens (tertiary/aromatic N) is 1. The number of pyridine rings is 1. The van der Waals surface area contributed by atoms with Crippen LogP contribution >= 0.6 is 27.3 Å². The molecule has 0 aliphatic carbocycles. The molecule has 0 aliphatic rings. The standard InChI is InChI=1S/C20H19BrN2OS/c1-4-5-6-15-11(2)16-17(22)19(25-20(16)23-12(15)3)18(24)13-7-9-14(21)10-8-13/h4-5,7-10H,6,22H2,1-3H3. The maximum Gasteiger partial charge on any atom is 0.205 e. The van der Waals surface area contributed by atoms with Crippen LogP contribution in [0.4, 0.5) is 5.69 Å². The number of aromatic nitrogens is 1. The summed E-state index contributed by atoms with van der Waals surface area (Å²) < 4.78 is 0.940. The normalized spacial score (nSPS) is 11.5. The number of halogens is 1. The highest BCUT2D eigenvalue weighted by molar-refractivity contribution is 9.10. The Kier molecular flexibility index (Phi) is 5.06. The summed E-state index contributed by atoms with van der Waals surface area (Å²) >= 11 is 4.77. The molecule has 0 saturated heterocycles. The molecule has 3 rings (SSSR count). The quantitative estimate of drug-likeness (QED) is 0.445. The summed E-state index contributed by atoms with van der Waals surface area (Å²) in [7, 11) is 0. The predicted octanol–water partition coefficient (Wildman–Crippen LogP) is 5.61. The molecular formula is C20H19BrN2OS. The van der Waals surface area contributed by atoms with Crippen LogP contribution in [0.1, 0.15) is 39.0 Å². The van der Waals surface area contributed by atoms with Gasteiger partial charge in [-0.25, -0.2) is 4.98 Å². The number of benzene rings is 1. The van der Waals surface area contributed by atoms with Gasteiger partial charge in [0.2, 0.25) is 5.78 Å². The number of ketones is 1. The molecule has 0 unspecified atom stereocenters. The van der Waals surface area contributed by atoms with Crippen molar-refractivity contribution in [2.24, 2.45) is 0 Å². The maximum atomic E-state index is 12.9.